The van der Waals surface area contributed by atoms with Gasteiger partial charge in [-0.3, -0.25) is 0 Å². The van der Waals surface area contributed by atoms with Crippen LogP contribution in [0.3, 0.4) is 0 Å². The first kappa shape index (κ1) is 23.8. The second-order valence-corrected chi connectivity index (χ2v) is 5.63. The summed E-state index contributed by atoms with van der Waals surface area (Å²) < 4.78 is 10.3. The molecule has 0 atom stereocenters. The maximum Gasteiger partial charge on any atom is 0.122 e. The second-order valence-electron chi connectivity index (χ2n) is 5.63. The third-order valence-corrected chi connectivity index (χ3v) is 3.24. The average Bonchev–Trinajstić information content (AvgIpc) is 2.63. The number of benzene rings is 2. The van der Waals surface area contributed by atoms with Crippen molar-refractivity contribution >= 4 is 0 Å². The fraction of sp³-hybridized carbons (Fsp3) is 0.429. The van der Waals surface area contributed by atoms with Gasteiger partial charge in [-0.15, -0.1) is 0 Å². The van der Waals surface area contributed by atoms with Crippen LogP contribution in [0.1, 0.15) is 31.4 Å². The molecule has 0 fully saturated rings. The molecular weight excluding hydrogens is 328 g/mol. The smallest absolute Gasteiger partial charge is 0.122 e. The highest BCUT2D eigenvalue weighted by molar-refractivity contribution is 5.40. The zero-order valence-electron chi connectivity index (χ0n) is 16.5. The molecule has 2 aromatic carbocycles. The number of nitrogens with two attached hydrogens (primary N) is 2. The number of ether oxygens (including phenoxy) is 2. The molecule has 0 aliphatic rings. The van der Waals surface area contributed by atoms with E-state index in [1.165, 1.54) is 6.42 Å². The molecule has 0 unspecified atom stereocenters. The summed E-state index contributed by atoms with van der Waals surface area (Å²) in [6.07, 6.45) is 2.88. The number of aromatic hydroxyl groups is 1. The van der Waals surface area contributed by atoms with Gasteiger partial charge in [0, 0.05) is 0 Å². The van der Waals surface area contributed by atoms with E-state index in [1.807, 2.05) is 30.3 Å². The Hall–Kier alpha value is -2.24. The van der Waals surface area contributed by atoms with E-state index in [0.717, 1.165) is 35.5 Å². The lowest BCUT2D eigenvalue weighted by atomic mass is 10.1. The van der Waals surface area contributed by atoms with Crippen LogP contribution in [0.5, 0.6) is 17.2 Å². The van der Waals surface area contributed by atoms with Crippen molar-refractivity contribution < 1.29 is 14.6 Å². The highest BCUT2D eigenvalue weighted by Gasteiger charge is 2.03. The van der Waals surface area contributed by atoms with Crippen molar-refractivity contribution in [2.75, 3.05) is 27.3 Å². The molecule has 0 radical (unpaired) electrons. The Kier molecular flexibility index (Phi) is 13.8. The molecule has 5 heteroatoms. The van der Waals surface area contributed by atoms with Gasteiger partial charge >= 0.3 is 0 Å². The summed E-state index contributed by atoms with van der Waals surface area (Å²) in [6.45, 7) is 5.49. The highest BCUT2D eigenvalue weighted by atomic mass is 16.5. The molecule has 0 spiro atoms. The van der Waals surface area contributed by atoms with Gasteiger partial charge in [-0.25, -0.2) is 0 Å². The van der Waals surface area contributed by atoms with Gasteiger partial charge in [0.2, 0.25) is 0 Å². The van der Waals surface area contributed by atoms with Crippen LogP contribution in [-0.4, -0.2) is 32.4 Å². The molecule has 0 bridgehead atoms. The zero-order valence-corrected chi connectivity index (χ0v) is 16.5. The molecule has 0 aliphatic heterocycles. The van der Waals surface area contributed by atoms with Crippen molar-refractivity contribution in [2.45, 2.75) is 33.1 Å². The van der Waals surface area contributed by atoms with Crippen molar-refractivity contribution in [3.63, 3.8) is 0 Å². The van der Waals surface area contributed by atoms with E-state index in [0.29, 0.717) is 18.8 Å². The average molecular weight is 363 g/mol. The molecule has 5 N–H and O–H groups in total. The van der Waals surface area contributed by atoms with E-state index in [9.17, 15) is 0 Å². The summed E-state index contributed by atoms with van der Waals surface area (Å²) in [4.78, 5) is 0. The third kappa shape index (κ3) is 9.91. The maximum atomic E-state index is 9.00. The Bertz CT molecular complexity index is 604. The van der Waals surface area contributed by atoms with Crippen molar-refractivity contribution in [1.82, 2.24) is 0 Å². The molecule has 0 saturated heterocycles. The van der Waals surface area contributed by atoms with Crippen LogP contribution in [-0.2, 0) is 12.8 Å². The number of hydrogen-bond donors (Lipinski definition) is 3. The van der Waals surface area contributed by atoms with Crippen LogP contribution in [0.2, 0.25) is 0 Å². The zero-order chi connectivity index (χ0) is 19.8. The van der Waals surface area contributed by atoms with Crippen molar-refractivity contribution in [1.29, 1.82) is 0 Å². The van der Waals surface area contributed by atoms with Crippen molar-refractivity contribution in [2.24, 2.45) is 11.5 Å². The van der Waals surface area contributed by atoms with Crippen LogP contribution < -0.4 is 20.9 Å². The Morgan fingerprint density at radius 1 is 0.885 bits per heavy atom. The topological polar surface area (TPSA) is 90.7 Å². The molecule has 2 aromatic rings. The Morgan fingerprint density at radius 3 is 2.04 bits per heavy atom. The first-order valence-corrected chi connectivity index (χ1v) is 8.95. The molecule has 26 heavy (non-hydrogen) atoms. The summed E-state index contributed by atoms with van der Waals surface area (Å²) in [5.41, 5.74) is 13.0. The van der Waals surface area contributed by atoms with E-state index in [2.05, 4.69) is 13.8 Å². The Balaban J connectivity index is 0.000000428. The van der Waals surface area contributed by atoms with Crippen LogP contribution >= 0.6 is 0 Å². The molecule has 146 valence electrons. The minimum atomic E-state index is 0.311. The number of rotatable bonds is 6. The second kappa shape index (κ2) is 15.0. The SMILES string of the molecule is CCC.COc1ccc(OC)c(CCN)c1.NCCc1cccc(O)c1. The molecule has 0 aliphatic carbocycles. The molecule has 0 saturated carbocycles. The van der Waals surface area contributed by atoms with Gasteiger partial charge in [-0.1, -0.05) is 32.4 Å². The summed E-state index contributed by atoms with van der Waals surface area (Å²) in [7, 11) is 3.30. The van der Waals surface area contributed by atoms with Gasteiger partial charge in [0.05, 0.1) is 14.2 Å². The number of phenols is 1. The predicted octanol–water partition coefficient (Wildman–Crippen LogP) is 3.51. The van der Waals surface area contributed by atoms with E-state index in [4.69, 9.17) is 26.0 Å². The summed E-state index contributed by atoms with van der Waals surface area (Å²) in [5.74, 6) is 2.02. The van der Waals surface area contributed by atoms with Gasteiger partial charge < -0.3 is 26.0 Å². The molecule has 0 heterocycles. The fourth-order valence-electron chi connectivity index (χ4n) is 2.11. The molecule has 2 rings (SSSR count). The maximum absolute atomic E-state index is 9.00. The Morgan fingerprint density at radius 2 is 1.54 bits per heavy atom. The number of methoxy groups -OCH3 is 2. The molecule has 5 nitrogen and oxygen atoms in total. The van der Waals surface area contributed by atoms with Crippen LogP contribution in [0, 0.1) is 0 Å². The van der Waals surface area contributed by atoms with Gasteiger partial charge in [0.25, 0.3) is 0 Å². The normalized spacial score (nSPS) is 9.31. The molecule has 0 aromatic heterocycles. The third-order valence-electron chi connectivity index (χ3n) is 3.24. The van der Waals surface area contributed by atoms with E-state index >= 15 is 0 Å². The predicted molar refractivity (Wildman–Crippen MR) is 109 cm³/mol. The largest absolute Gasteiger partial charge is 0.508 e. The van der Waals surface area contributed by atoms with Crippen LogP contribution in [0.15, 0.2) is 42.5 Å². The van der Waals surface area contributed by atoms with Gasteiger partial charge in [-0.05, 0) is 67.4 Å². The quantitative estimate of drug-likeness (QED) is 0.731. The van der Waals surface area contributed by atoms with Gasteiger partial charge in [0.1, 0.15) is 17.2 Å². The lowest BCUT2D eigenvalue weighted by Crippen LogP contribution is -2.04. The lowest BCUT2D eigenvalue weighted by Gasteiger charge is -2.08. The van der Waals surface area contributed by atoms with Crippen molar-refractivity contribution in [3.8, 4) is 17.2 Å². The van der Waals surface area contributed by atoms with E-state index < -0.39 is 0 Å². The number of hydrogen-bond acceptors (Lipinski definition) is 5. The van der Waals surface area contributed by atoms with E-state index in [-0.39, 0.29) is 0 Å². The molecular formula is C21H34N2O3. The first-order chi connectivity index (χ1) is 12.6. The summed E-state index contributed by atoms with van der Waals surface area (Å²) in [6, 6.07) is 12.9. The minimum Gasteiger partial charge on any atom is -0.508 e. The van der Waals surface area contributed by atoms with Crippen LogP contribution in [0.25, 0.3) is 0 Å². The standard InChI is InChI=1S/C10H15NO2.C8H11NO.C3H8/c1-12-9-3-4-10(13-2)8(7-9)5-6-11;9-5-4-7-2-1-3-8(10)6-7;1-3-2/h3-4,7H,5-6,11H2,1-2H3;1-3,6,10H,4-5,9H2;3H2,1-2H3. The summed E-state index contributed by atoms with van der Waals surface area (Å²) in [5, 5.41) is 9.00. The van der Waals surface area contributed by atoms with Crippen LogP contribution in [0.4, 0.5) is 0 Å². The van der Waals surface area contributed by atoms with Gasteiger partial charge in [-0.2, -0.15) is 0 Å². The van der Waals surface area contributed by atoms with Gasteiger partial charge in [0.15, 0.2) is 0 Å². The number of phenolic OH excluding ortho intramolecular Hbond substituents is 1. The molecule has 0 amide bonds. The Labute approximate surface area is 157 Å². The fourth-order valence-corrected chi connectivity index (χ4v) is 2.11. The summed E-state index contributed by atoms with van der Waals surface area (Å²) >= 11 is 0. The minimum absolute atomic E-state index is 0.311. The lowest BCUT2D eigenvalue weighted by molar-refractivity contribution is 0.399. The highest BCUT2D eigenvalue weighted by Crippen LogP contribution is 2.23. The monoisotopic (exact) mass is 362 g/mol. The first-order valence-electron chi connectivity index (χ1n) is 8.95. The van der Waals surface area contributed by atoms with E-state index in [1.54, 1.807) is 26.4 Å². The van der Waals surface area contributed by atoms with Crippen molar-refractivity contribution in [3.05, 3.63) is 53.6 Å².